The summed E-state index contributed by atoms with van der Waals surface area (Å²) in [6, 6.07) is 24.9. The van der Waals surface area contributed by atoms with Gasteiger partial charge in [-0.3, -0.25) is 19.2 Å². The molecule has 3 aromatic carbocycles. The molecule has 11 heteroatoms. The fourth-order valence-corrected chi connectivity index (χ4v) is 8.19. The summed E-state index contributed by atoms with van der Waals surface area (Å²) in [5.74, 6) is -4.11. The number of cyclic esters (lactones) is 1. The van der Waals surface area contributed by atoms with Crippen molar-refractivity contribution in [1.29, 1.82) is 0 Å². The third-order valence-corrected chi connectivity index (χ3v) is 10.5. The van der Waals surface area contributed by atoms with Crippen LogP contribution in [0.3, 0.4) is 0 Å². The number of hydrogen-bond donors (Lipinski definition) is 2. The van der Waals surface area contributed by atoms with Gasteiger partial charge >= 0.3 is 5.97 Å². The minimum Gasteiger partial charge on any atom is -0.455 e. The molecule has 8 atom stereocenters. The highest BCUT2D eigenvalue weighted by molar-refractivity contribution is 5.99. The lowest BCUT2D eigenvalue weighted by molar-refractivity contribution is -0.163. The predicted octanol–water partition coefficient (Wildman–Crippen LogP) is 3.67. The molecule has 0 bridgehead atoms. The Labute approximate surface area is 302 Å². The van der Waals surface area contributed by atoms with E-state index in [1.54, 1.807) is 47.4 Å². The number of likely N-dealkylation sites (tertiary alicyclic amines) is 1. The molecular weight excluding hydrogens is 662 g/mol. The molecular formula is C41H43N3O8. The fourth-order valence-electron chi connectivity index (χ4n) is 8.19. The zero-order valence-corrected chi connectivity index (χ0v) is 29.0. The van der Waals surface area contributed by atoms with Gasteiger partial charge in [0, 0.05) is 26.6 Å². The van der Waals surface area contributed by atoms with Crippen molar-refractivity contribution in [3.8, 4) is 0 Å². The van der Waals surface area contributed by atoms with Gasteiger partial charge in [-0.15, -0.1) is 0 Å². The van der Waals surface area contributed by atoms with E-state index in [-0.39, 0.29) is 37.9 Å². The molecule has 1 spiro atoms. The Bertz CT molecular complexity index is 1820. The van der Waals surface area contributed by atoms with E-state index < -0.39 is 66.3 Å². The van der Waals surface area contributed by atoms with Crippen LogP contribution in [0.25, 0.3) is 0 Å². The number of methoxy groups -OCH3 is 1. The smallest absolute Gasteiger partial charge is 0.313 e. The minimum absolute atomic E-state index is 0.0604. The number of nitrogens with one attached hydrogen (secondary N) is 1. The van der Waals surface area contributed by atoms with Crippen molar-refractivity contribution in [2.45, 2.75) is 55.3 Å². The fraction of sp³-hybridized carbons (Fsp3) is 0.366. The monoisotopic (exact) mass is 705 g/mol. The van der Waals surface area contributed by atoms with Gasteiger partial charge in [0.1, 0.15) is 23.7 Å². The van der Waals surface area contributed by atoms with Gasteiger partial charge in [0.25, 0.3) is 0 Å². The second-order valence-corrected chi connectivity index (χ2v) is 13.7. The summed E-state index contributed by atoms with van der Waals surface area (Å²) >= 11 is 0. The highest BCUT2D eigenvalue weighted by atomic mass is 16.6. The van der Waals surface area contributed by atoms with E-state index in [2.05, 4.69) is 5.32 Å². The number of ether oxygens (including phenoxy) is 3. The van der Waals surface area contributed by atoms with Crippen molar-refractivity contribution in [3.05, 3.63) is 132 Å². The van der Waals surface area contributed by atoms with Gasteiger partial charge in [-0.2, -0.15) is 0 Å². The summed E-state index contributed by atoms with van der Waals surface area (Å²) < 4.78 is 18.7. The number of rotatable bonds is 8. The van der Waals surface area contributed by atoms with Crippen molar-refractivity contribution in [2.24, 2.45) is 11.8 Å². The van der Waals surface area contributed by atoms with Crippen molar-refractivity contribution < 1.29 is 38.5 Å². The van der Waals surface area contributed by atoms with Gasteiger partial charge < -0.3 is 34.4 Å². The lowest BCUT2D eigenvalue weighted by Crippen LogP contribution is -2.56. The third-order valence-electron chi connectivity index (χ3n) is 10.5. The number of allylic oxidation sites excluding steroid dienone is 1. The van der Waals surface area contributed by atoms with E-state index in [0.29, 0.717) is 17.5 Å². The maximum Gasteiger partial charge on any atom is 0.313 e. The number of nitrogens with zero attached hydrogens (tertiary/aromatic N) is 2. The first-order valence-electron chi connectivity index (χ1n) is 17.7. The number of benzene rings is 3. The summed E-state index contributed by atoms with van der Waals surface area (Å²) in [6.45, 7) is 0.133. The standard InChI is InChI=1S/C41H43N3O8/c1-50-26-30-36(29-18-9-4-10-19-29)51-40(49)34-32(20-11-12-21-33(46)42-30)52-41-22-13-23-43(24-27-14-5-2-6-15-27)39(48)37(41)44(38(47)35(34)41)31(25-45)28-16-7-3-8-17-28/h2-11,13-20,22,30-32,34-37,45H,12,21,23-26H2,1H3,(H,42,46)/b20-11-/t30-,31+,32-,34+,35+,36-,37-,41+/m0/s1. The number of fused-ring (bicyclic) bond motifs is 2. The van der Waals surface area contributed by atoms with Crippen LogP contribution in [-0.2, 0) is 39.9 Å². The molecule has 4 aliphatic heterocycles. The van der Waals surface area contributed by atoms with Crippen LogP contribution >= 0.6 is 0 Å². The van der Waals surface area contributed by atoms with Crippen molar-refractivity contribution in [2.75, 3.05) is 26.9 Å². The van der Waals surface area contributed by atoms with Gasteiger partial charge in [0.15, 0.2) is 0 Å². The molecule has 3 amide bonds. The number of carbonyl (C=O) groups is 4. The van der Waals surface area contributed by atoms with Crippen LogP contribution in [0.15, 0.2) is 115 Å². The predicted molar refractivity (Wildman–Crippen MR) is 190 cm³/mol. The maximum atomic E-state index is 15.1. The van der Waals surface area contributed by atoms with Gasteiger partial charge in [-0.1, -0.05) is 115 Å². The molecule has 270 valence electrons. The van der Waals surface area contributed by atoms with E-state index in [4.69, 9.17) is 14.2 Å². The van der Waals surface area contributed by atoms with Crippen LogP contribution in [0.1, 0.15) is 41.7 Å². The van der Waals surface area contributed by atoms with Gasteiger partial charge in [-0.05, 0) is 23.1 Å². The molecule has 0 radical (unpaired) electrons. The van der Waals surface area contributed by atoms with E-state index in [9.17, 15) is 19.5 Å². The van der Waals surface area contributed by atoms with Gasteiger partial charge in [-0.25, -0.2) is 0 Å². The number of amides is 3. The molecule has 2 saturated heterocycles. The van der Waals surface area contributed by atoms with Crippen LogP contribution in [0.5, 0.6) is 0 Å². The first kappa shape index (κ1) is 35.3. The average molecular weight is 706 g/mol. The lowest BCUT2D eigenvalue weighted by Gasteiger charge is -2.38. The van der Waals surface area contributed by atoms with E-state index in [1.165, 1.54) is 12.0 Å². The molecule has 0 unspecified atom stereocenters. The average Bonchev–Trinajstić information content (AvgIpc) is 3.56. The Kier molecular flexibility index (Phi) is 10.4. The molecule has 4 heterocycles. The second kappa shape index (κ2) is 15.2. The molecule has 4 aliphatic rings. The number of esters is 1. The van der Waals surface area contributed by atoms with Crippen LogP contribution in [0.4, 0.5) is 0 Å². The molecule has 11 nitrogen and oxygen atoms in total. The minimum atomic E-state index is -1.57. The Balaban J connectivity index is 1.34. The number of hydrogen-bond acceptors (Lipinski definition) is 8. The highest BCUT2D eigenvalue weighted by Gasteiger charge is 2.72. The second-order valence-electron chi connectivity index (χ2n) is 13.7. The van der Waals surface area contributed by atoms with E-state index >= 15 is 4.79 Å². The molecule has 0 aromatic heterocycles. The normalized spacial score (nSPS) is 30.2. The highest BCUT2D eigenvalue weighted by Crippen LogP contribution is 2.55. The molecule has 2 fully saturated rings. The van der Waals surface area contributed by atoms with Crippen molar-refractivity contribution >= 4 is 23.7 Å². The summed E-state index contributed by atoms with van der Waals surface area (Å²) in [6.07, 6.45) is 5.68. The van der Waals surface area contributed by atoms with Crippen LogP contribution in [-0.4, -0.2) is 89.3 Å². The summed E-state index contributed by atoms with van der Waals surface area (Å²) in [5, 5.41) is 13.9. The Hall–Kier alpha value is -5.10. The molecule has 2 N–H and O–H groups in total. The van der Waals surface area contributed by atoms with Crippen LogP contribution in [0, 0.1) is 11.8 Å². The van der Waals surface area contributed by atoms with Crippen molar-refractivity contribution in [1.82, 2.24) is 15.1 Å². The quantitative estimate of drug-likeness (QED) is 0.268. The molecule has 52 heavy (non-hydrogen) atoms. The zero-order chi connectivity index (χ0) is 36.2. The summed E-state index contributed by atoms with van der Waals surface area (Å²) in [4.78, 5) is 60.9. The largest absolute Gasteiger partial charge is 0.455 e. The number of carbonyl (C=O) groups excluding carboxylic acids is 4. The van der Waals surface area contributed by atoms with E-state index in [0.717, 1.165) is 5.56 Å². The molecule has 0 aliphatic carbocycles. The summed E-state index contributed by atoms with van der Waals surface area (Å²) in [7, 11) is 1.51. The first-order valence-corrected chi connectivity index (χ1v) is 17.7. The topological polar surface area (TPSA) is 135 Å². The molecule has 7 rings (SSSR count). The van der Waals surface area contributed by atoms with Crippen LogP contribution in [0.2, 0.25) is 0 Å². The Morgan fingerprint density at radius 2 is 1.62 bits per heavy atom. The maximum absolute atomic E-state index is 15.1. The summed E-state index contributed by atoms with van der Waals surface area (Å²) in [5.41, 5.74) is 0.626. The number of aliphatic hydroxyl groups is 1. The van der Waals surface area contributed by atoms with E-state index in [1.807, 2.05) is 72.8 Å². The van der Waals surface area contributed by atoms with Gasteiger partial charge in [0.05, 0.1) is 37.3 Å². The SMILES string of the molecule is COC[C@@H]1NC(=O)CC/C=C\[C@@H]2O[C@@]34C=CCN(Cc5ccccc5)C(=O)[C@@H]3N([C@H](CO)c3ccccc3)C(=O)[C@H]4[C@@H]2C(=O)O[C@H]1c1ccccc1. The first-order chi connectivity index (χ1) is 25.4. The zero-order valence-electron chi connectivity index (χ0n) is 29.0. The van der Waals surface area contributed by atoms with Crippen LogP contribution < -0.4 is 5.32 Å². The molecule has 0 saturated carbocycles. The third kappa shape index (κ3) is 6.55. The van der Waals surface area contributed by atoms with Gasteiger partial charge in [0.2, 0.25) is 17.7 Å². The number of aliphatic hydroxyl groups excluding tert-OH is 1. The lowest BCUT2D eigenvalue weighted by atomic mass is 9.77. The Morgan fingerprint density at radius 1 is 0.923 bits per heavy atom. The van der Waals surface area contributed by atoms with Crippen molar-refractivity contribution in [3.63, 3.8) is 0 Å². The Morgan fingerprint density at radius 3 is 2.31 bits per heavy atom. The molecule has 3 aromatic rings.